The van der Waals surface area contributed by atoms with E-state index in [4.69, 9.17) is 5.11 Å². The minimum absolute atomic E-state index is 0.0258. The van der Waals surface area contributed by atoms with Gasteiger partial charge in [-0.1, -0.05) is 24.3 Å². The van der Waals surface area contributed by atoms with Crippen molar-refractivity contribution in [2.24, 2.45) is 0 Å². The van der Waals surface area contributed by atoms with Gasteiger partial charge in [-0.3, -0.25) is 9.59 Å². The molecular weight excluding hydrogens is 286 g/mol. The molecule has 0 aliphatic carbocycles. The molecule has 8 heteroatoms. The van der Waals surface area contributed by atoms with Gasteiger partial charge in [-0.2, -0.15) is 0 Å². The molecule has 0 aliphatic rings. The summed E-state index contributed by atoms with van der Waals surface area (Å²) >= 11 is 0. The predicted molar refractivity (Wildman–Crippen MR) is 76.5 cm³/mol. The van der Waals surface area contributed by atoms with Crippen LogP contribution in [0.3, 0.4) is 0 Å². The molecule has 8 nitrogen and oxygen atoms in total. The monoisotopic (exact) mass is 301 g/mol. The highest BCUT2D eigenvalue weighted by molar-refractivity contribution is 5.80. The van der Waals surface area contributed by atoms with Crippen LogP contribution in [-0.4, -0.2) is 37.4 Å². The molecule has 2 aromatic rings. The first-order valence-corrected chi connectivity index (χ1v) is 6.66. The van der Waals surface area contributed by atoms with Crippen molar-refractivity contribution in [3.8, 4) is 11.4 Å². The second kappa shape index (κ2) is 7.21. The standard InChI is InChI=1S/C14H15N5O3/c1-9-16-18-14(19-17-9)11-4-2-10(3-5-11)8-15-12(20)6-7-13(21)22/h2-5H,6-8H2,1H3,(H,15,20)(H,21,22). The van der Waals surface area contributed by atoms with E-state index in [2.05, 4.69) is 25.7 Å². The number of aryl methyl sites for hydroxylation is 1. The third-order valence-electron chi connectivity index (χ3n) is 2.85. The Morgan fingerprint density at radius 1 is 1.05 bits per heavy atom. The molecular formula is C14H15N5O3. The molecule has 0 aliphatic heterocycles. The van der Waals surface area contributed by atoms with Crippen LogP contribution < -0.4 is 5.32 Å². The zero-order valence-corrected chi connectivity index (χ0v) is 12.0. The van der Waals surface area contributed by atoms with Crippen molar-refractivity contribution in [3.05, 3.63) is 35.7 Å². The normalized spacial score (nSPS) is 10.2. The van der Waals surface area contributed by atoms with Crippen LogP contribution in [0.4, 0.5) is 0 Å². The molecule has 2 N–H and O–H groups in total. The first-order valence-electron chi connectivity index (χ1n) is 6.66. The van der Waals surface area contributed by atoms with Crippen LogP contribution in [0, 0.1) is 6.92 Å². The summed E-state index contributed by atoms with van der Waals surface area (Å²) in [7, 11) is 0. The molecule has 0 radical (unpaired) electrons. The van der Waals surface area contributed by atoms with Crippen LogP contribution in [0.2, 0.25) is 0 Å². The van der Waals surface area contributed by atoms with Crippen molar-refractivity contribution < 1.29 is 14.7 Å². The number of rotatable bonds is 6. The predicted octanol–water partition coefficient (Wildman–Crippen LogP) is 0.723. The second-order valence-electron chi connectivity index (χ2n) is 4.64. The van der Waals surface area contributed by atoms with Gasteiger partial charge in [0.1, 0.15) is 0 Å². The Hall–Kier alpha value is -2.90. The second-order valence-corrected chi connectivity index (χ2v) is 4.64. The number of carboxylic acids is 1. The zero-order chi connectivity index (χ0) is 15.9. The molecule has 1 amide bonds. The first-order chi connectivity index (χ1) is 10.5. The molecule has 1 aromatic heterocycles. The number of benzene rings is 1. The fourth-order valence-electron chi connectivity index (χ4n) is 1.68. The van der Waals surface area contributed by atoms with Crippen LogP contribution >= 0.6 is 0 Å². The molecule has 1 aromatic carbocycles. The maximum Gasteiger partial charge on any atom is 0.303 e. The summed E-state index contributed by atoms with van der Waals surface area (Å²) in [6.07, 6.45) is -0.197. The van der Waals surface area contributed by atoms with Crippen molar-refractivity contribution in [1.82, 2.24) is 25.7 Å². The average Bonchev–Trinajstić information content (AvgIpc) is 2.52. The number of carbonyl (C=O) groups is 2. The lowest BCUT2D eigenvalue weighted by Gasteiger charge is -2.05. The van der Waals surface area contributed by atoms with Gasteiger partial charge in [-0.15, -0.1) is 20.4 Å². The number of aromatic nitrogens is 4. The number of carbonyl (C=O) groups excluding carboxylic acids is 1. The first kappa shape index (κ1) is 15.5. The van der Waals surface area contributed by atoms with Gasteiger partial charge in [0, 0.05) is 18.5 Å². The Balaban J connectivity index is 1.90. The summed E-state index contributed by atoms with van der Waals surface area (Å²) in [6, 6.07) is 7.28. The van der Waals surface area contributed by atoms with Crippen LogP contribution in [-0.2, 0) is 16.1 Å². The van der Waals surface area contributed by atoms with Gasteiger partial charge >= 0.3 is 5.97 Å². The summed E-state index contributed by atoms with van der Waals surface area (Å²) in [5.74, 6) is -0.339. The quantitative estimate of drug-likeness (QED) is 0.807. The number of carboxylic acid groups (broad SMARTS) is 1. The van der Waals surface area contributed by atoms with Crippen LogP contribution in [0.1, 0.15) is 24.2 Å². The van der Waals surface area contributed by atoms with Crippen LogP contribution in [0.25, 0.3) is 11.4 Å². The SMILES string of the molecule is Cc1nnc(-c2ccc(CNC(=O)CCC(=O)O)cc2)nn1. The molecule has 22 heavy (non-hydrogen) atoms. The van der Waals surface area contributed by atoms with E-state index < -0.39 is 5.97 Å². The van der Waals surface area contributed by atoms with Gasteiger partial charge in [0.25, 0.3) is 0 Å². The van der Waals surface area contributed by atoms with Crippen LogP contribution in [0.15, 0.2) is 24.3 Å². The van der Waals surface area contributed by atoms with Crippen molar-refractivity contribution in [3.63, 3.8) is 0 Å². The number of hydrogen-bond acceptors (Lipinski definition) is 6. The van der Waals surface area contributed by atoms with E-state index in [-0.39, 0.29) is 18.7 Å². The van der Waals surface area contributed by atoms with E-state index in [0.29, 0.717) is 18.2 Å². The van der Waals surface area contributed by atoms with Gasteiger partial charge in [-0.25, -0.2) is 0 Å². The molecule has 1 heterocycles. The van der Waals surface area contributed by atoms with Crippen molar-refractivity contribution in [2.75, 3.05) is 0 Å². The smallest absolute Gasteiger partial charge is 0.303 e. The number of amides is 1. The van der Waals surface area contributed by atoms with E-state index in [1.54, 1.807) is 6.92 Å². The van der Waals surface area contributed by atoms with E-state index >= 15 is 0 Å². The highest BCUT2D eigenvalue weighted by Crippen LogP contribution is 2.13. The molecule has 0 saturated heterocycles. The van der Waals surface area contributed by atoms with Gasteiger partial charge in [0.15, 0.2) is 5.82 Å². The Morgan fingerprint density at radius 3 is 2.27 bits per heavy atom. The highest BCUT2D eigenvalue weighted by Gasteiger charge is 2.06. The lowest BCUT2D eigenvalue weighted by atomic mass is 10.1. The number of aliphatic carboxylic acids is 1. The molecule has 0 atom stereocenters. The topological polar surface area (TPSA) is 118 Å². The van der Waals surface area contributed by atoms with Crippen molar-refractivity contribution in [2.45, 2.75) is 26.3 Å². The fourth-order valence-corrected chi connectivity index (χ4v) is 1.68. The lowest BCUT2D eigenvalue weighted by molar-refractivity contribution is -0.138. The Labute approximate surface area is 126 Å². The van der Waals surface area contributed by atoms with Gasteiger partial charge in [0.05, 0.1) is 6.42 Å². The molecule has 2 rings (SSSR count). The van der Waals surface area contributed by atoms with E-state index in [9.17, 15) is 9.59 Å². The van der Waals surface area contributed by atoms with Crippen molar-refractivity contribution >= 4 is 11.9 Å². The maximum atomic E-state index is 11.4. The summed E-state index contributed by atoms with van der Waals surface area (Å²) in [4.78, 5) is 21.8. The zero-order valence-electron chi connectivity index (χ0n) is 12.0. The molecule has 0 bridgehead atoms. The van der Waals surface area contributed by atoms with E-state index in [1.165, 1.54) is 0 Å². The third-order valence-corrected chi connectivity index (χ3v) is 2.85. The molecule has 0 spiro atoms. The maximum absolute atomic E-state index is 11.4. The van der Waals surface area contributed by atoms with Crippen LogP contribution in [0.5, 0.6) is 0 Å². The summed E-state index contributed by atoms with van der Waals surface area (Å²) in [5.41, 5.74) is 1.67. The Bertz CT molecular complexity index is 655. The van der Waals surface area contributed by atoms with Gasteiger partial charge < -0.3 is 10.4 Å². The molecule has 0 unspecified atom stereocenters. The minimum atomic E-state index is -0.986. The number of hydrogen-bond donors (Lipinski definition) is 2. The Morgan fingerprint density at radius 2 is 1.68 bits per heavy atom. The average molecular weight is 301 g/mol. The lowest BCUT2D eigenvalue weighted by Crippen LogP contribution is -2.23. The number of nitrogens with zero attached hydrogens (tertiary/aromatic N) is 4. The summed E-state index contributed by atoms with van der Waals surface area (Å²) < 4.78 is 0. The summed E-state index contributed by atoms with van der Waals surface area (Å²) in [5, 5.41) is 26.7. The van der Waals surface area contributed by atoms with Gasteiger partial charge in [-0.05, 0) is 12.5 Å². The van der Waals surface area contributed by atoms with Crippen molar-refractivity contribution in [1.29, 1.82) is 0 Å². The third kappa shape index (κ3) is 4.58. The van der Waals surface area contributed by atoms with Gasteiger partial charge in [0.2, 0.25) is 11.7 Å². The number of nitrogens with one attached hydrogen (secondary N) is 1. The van der Waals surface area contributed by atoms with E-state index in [1.807, 2.05) is 24.3 Å². The van der Waals surface area contributed by atoms with E-state index in [0.717, 1.165) is 11.1 Å². The Kier molecular flexibility index (Phi) is 5.07. The largest absolute Gasteiger partial charge is 0.481 e. The molecule has 114 valence electrons. The molecule has 0 fully saturated rings. The fraction of sp³-hybridized carbons (Fsp3) is 0.286. The summed E-state index contributed by atoms with van der Waals surface area (Å²) in [6.45, 7) is 2.05. The molecule has 0 saturated carbocycles. The minimum Gasteiger partial charge on any atom is -0.481 e. The highest BCUT2D eigenvalue weighted by atomic mass is 16.4.